The molecule has 1 atom stereocenters. The zero-order valence-electron chi connectivity index (χ0n) is 15.1. The maximum absolute atomic E-state index is 12.6. The summed E-state index contributed by atoms with van der Waals surface area (Å²) in [7, 11) is 6.01. The number of amides is 1. The highest BCUT2D eigenvalue weighted by Crippen LogP contribution is 2.24. The Hall–Kier alpha value is -1.59. The van der Waals surface area contributed by atoms with E-state index in [0.29, 0.717) is 12.5 Å². The molecular formula is C19H29N3O2. The summed E-state index contributed by atoms with van der Waals surface area (Å²) >= 11 is 0. The molecule has 1 amide bonds. The van der Waals surface area contributed by atoms with Crippen LogP contribution in [0.1, 0.15) is 24.0 Å². The van der Waals surface area contributed by atoms with Crippen molar-refractivity contribution in [2.45, 2.75) is 31.8 Å². The SMILES string of the molecule is COc1ccc2c(c1)CCN(C(=O)CCN(C)[C@@H]1CCN(C)C1)C2. The van der Waals surface area contributed by atoms with Gasteiger partial charge < -0.3 is 19.4 Å². The van der Waals surface area contributed by atoms with Gasteiger partial charge in [-0.1, -0.05) is 6.07 Å². The van der Waals surface area contributed by atoms with Gasteiger partial charge in [0.1, 0.15) is 5.75 Å². The number of carbonyl (C=O) groups excluding carboxylic acids is 1. The monoisotopic (exact) mass is 331 g/mol. The third-order valence-corrected chi connectivity index (χ3v) is 5.45. The first-order valence-electron chi connectivity index (χ1n) is 8.89. The Morgan fingerprint density at radius 3 is 2.88 bits per heavy atom. The van der Waals surface area contributed by atoms with Crippen LogP contribution in [0.4, 0.5) is 0 Å². The molecule has 2 aliphatic rings. The minimum Gasteiger partial charge on any atom is -0.497 e. The number of ether oxygens (including phenoxy) is 1. The average molecular weight is 331 g/mol. The average Bonchev–Trinajstić information content (AvgIpc) is 3.04. The molecule has 0 unspecified atom stereocenters. The van der Waals surface area contributed by atoms with Crippen molar-refractivity contribution >= 4 is 5.91 Å². The molecule has 1 aromatic carbocycles. The summed E-state index contributed by atoms with van der Waals surface area (Å²) in [5.74, 6) is 1.17. The van der Waals surface area contributed by atoms with Crippen LogP contribution in [0.15, 0.2) is 18.2 Å². The molecule has 2 aliphatic heterocycles. The van der Waals surface area contributed by atoms with E-state index >= 15 is 0 Å². The van der Waals surface area contributed by atoms with Crippen molar-refractivity contribution in [3.05, 3.63) is 29.3 Å². The molecule has 5 nitrogen and oxygen atoms in total. The fourth-order valence-electron chi connectivity index (χ4n) is 3.75. The number of benzene rings is 1. The highest BCUT2D eigenvalue weighted by atomic mass is 16.5. The predicted octanol–water partition coefficient (Wildman–Crippen LogP) is 1.61. The largest absolute Gasteiger partial charge is 0.497 e. The van der Waals surface area contributed by atoms with E-state index in [4.69, 9.17) is 4.74 Å². The van der Waals surface area contributed by atoms with Crippen LogP contribution in [0.5, 0.6) is 5.75 Å². The number of nitrogens with zero attached hydrogens (tertiary/aromatic N) is 3. The summed E-state index contributed by atoms with van der Waals surface area (Å²) < 4.78 is 5.29. The normalized spacial score (nSPS) is 21.2. The van der Waals surface area contributed by atoms with Crippen LogP contribution in [-0.2, 0) is 17.8 Å². The van der Waals surface area contributed by atoms with E-state index < -0.39 is 0 Å². The quantitative estimate of drug-likeness (QED) is 0.821. The first-order valence-corrected chi connectivity index (χ1v) is 8.89. The Bertz CT molecular complexity index is 590. The van der Waals surface area contributed by atoms with Crippen LogP contribution in [0.3, 0.4) is 0 Å². The van der Waals surface area contributed by atoms with Crippen molar-refractivity contribution in [1.29, 1.82) is 0 Å². The smallest absolute Gasteiger partial charge is 0.224 e. The Balaban J connectivity index is 1.51. The number of fused-ring (bicyclic) bond motifs is 1. The van der Waals surface area contributed by atoms with Crippen LogP contribution in [-0.4, -0.2) is 74.0 Å². The summed E-state index contributed by atoms with van der Waals surface area (Å²) in [6.07, 6.45) is 2.74. The molecule has 132 valence electrons. The molecule has 2 heterocycles. The number of methoxy groups -OCH3 is 1. The Labute approximate surface area is 145 Å². The van der Waals surface area contributed by atoms with Crippen molar-refractivity contribution in [3.63, 3.8) is 0 Å². The molecule has 3 rings (SSSR count). The zero-order chi connectivity index (χ0) is 17.1. The lowest BCUT2D eigenvalue weighted by atomic mass is 9.99. The fourth-order valence-corrected chi connectivity index (χ4v) is 3.75. The van der Waals surface area contributed by atoms with Gasteiger partial charge in [0, 0.05) is 38.6 Å². The second-order valence-electron chi connectivity index (χ2n) is 7.14. The standard InChI is InChI=1S/C19H29N3O2/c1-20-9-7-17(14-20)21(2)10-8-19(23)22-11-6-15-12-18(24-3)5-4-16(15)13-22/h4-5,12,17H,6-11,13-14H2,1-3H3/t17-/m1/s1. The molecule has 0 aliphatic carbocycles. The second kappa shape index (κ2) is 7.53. The van der Waals surface area contributed by atoms with Crippen LogP contribution in [0, 0.1) is 0 Å². The lowest BCUT2D eigenvalue weighted by molar-refractivity contribution is -0.132. The fraction of sp³-hybridized carbons (Fsp3) is 0.632. The minimum absolute atomic E-state index is 0.273. The topological polar surface area (TPSA) is 36.0 Å². The van der Waals surface area contributed by atoms with E-state index in [-0.39, 0.29) is 5.91 Å². The van der Waals surface area contributed by atoms with Gasteiger partial charge in [0.05, 0.1) is 7.11 Å². The third-order valence-electron chi connectivity index (χ3n) is 5.45. The first-order chi connectivity index (χ1) is 11.6. The van der Waals surface area contributed by atoms with Gasteiger partial charge in [-0.05, 0) is 56.7 Å². The van der Waals surface area contributed by atoms with Crippen molar-refractivity contribution < 1.29 is 9.53 Å². The molecule has 1 saturated heterocycles. The second-order valence-corrected chi connectivity index (χ2v) is 7.14. The van der Waals surface area contributed by atoms with Crippen LogP contribution >= 0.6 is 0 Å². The predicted molar refractivity (Wildman–Crippen MR) is 95.3 cm³/mol. The number of carbonyl (C=O) groups is 1. The number of rotatable bonds is 5. The van der Waals surface area contributed by atoms with Gasteiger partial charge in [0.15, 0.2) is 0 Å². The number of likely N-dealkylation sites (N-methyl/N-ethyl adjacent to an activating group) is 2. The van der Waals surface area contributed by atoms with Gasteiger partial charge in [-0.15, -0.1) is 0 Å². The maximum Gasteiger partial charge on any atom is 0.224 e. The van der Waals surface area contributed by atoms with E-state index in [2.05, 4.69) is 36.0 Å². The summed E-state index contributed by atoms with van der Waals surface area (Å²) in [6.45, 7) is 4.67. The Kier molecular flexibility index (Phi) is 5.41. The molecule has 0 aromatic heterocycles. The minimum atomic E-state index is 0.273. The van der Waals surface area contributed by atoms with Gasteiger partial charge in [-0.3, -0.25) is 4.79 Å². The first kappa shape index (κ1) is 17.2. The van der Waals surface area contributed by atoms with Crippen molar-refractivity contribution in [3.8, 4) is 5.75 Å². The zero-order valence-corrected chi connectivity index (χ0v) is 15.1. The maximum atomic E-state index is 12.6. The van der Waals surface area contributed by atoms with Crippen molar-refractivity contribution in [2.24, 2.45) is 0 Å². The summed E-state index contributed by atoms with van der Waals surface area (Å²) in [6, 6.07) is 6.77. The number of likely N-dealkylation sites (tertiary alicyclic amines) is 1. The molecule has 1 aromatic rings. The van der Waals surface area contributed by atoms with E-state index in [0.717, 1.165) is 44.9 Å². The van der Waals surface area contributed by atoms with Gasteiger partial charge >= 0.3 is 0 Å². The molecule has 24 heavy (non-hydrogen) atoms. The van der Waals surface area contributed by atoms with E-state index in [1.54, 1.807) is 7.11 Å². The molecule has 0 bridgehead atoms. The summed E-state index contributed by atoms with van der Waals surface area (Å²) in [5, 5.41) is 0. The lowest BCUT2D eigenvalue weighted by Gasteiger charge is -2.30. The summed E-state index contributed by atoms with van der Waals surface area (Å²) in [4.78, 5) is 19.3. The van der Waals surface area contributed by atoms with Gasteiger partial charge in [-0.2, -0.15) is 0 Å². The Morgan fingerprint density at radius 2 is 2.17 bits per heavy atom. The number of hydrogen-bond donors (Lipinski definition) is 0. The van der Waals surface area contributed by atoms with Gasteiger partial charge in [0.2, 0.25) is 5.91 Å². The van der Waals surface area contributed by atoms with Crippen LogP contribution in [0.2, 0.25) is 0 Å². The van der Waals surface area contributed by atoms with Gasteiger partial charge in [0.25, 0.3) is 0 Å². The Morgan fingerprint density at radius 1 is 1.33 bits per heavy atom. The lowest BCUT2D eigenvalue weighted by Crippen LogP contribution is -2.40. The third kappa shape index (κ3) is 3.90. The van der Waals surface area contributed by atoms with E-state index in [1.165, 1.54) is 17.5 Å². The van der Waals surface area contributed by atoms with Crippen molar-refractivity contribution in [1.82, 2.24) is 14.7 Å². The molecule has 0 radical (unpaired) electrons. The number of hydrogen-bond acceptors (Lipinski definition) is 4. The van der Waals surface area contributed by atoms with Crippen LogP contribution < -0.4 is 4.74 Å². The van der Waals surface area contributed by atoms with Crippen molar-refractivity contribution in [2.75, 3.05) is 47.4 Å². The van der Waals surface area contributed by atoms with Crippen LogP contribution in [0.25, 0.3) is 0 Å². The molecule has 0 saturated carbocycles. The molecule has 0 spiro atoms. The van der Waals surface area contributed by atoms with E-state index in [9.17, 15) is 4.79 Å². The molecule has 5 heteroatoms. The highest BCUT2D eigenvalue weighted by Gasteiger charge is 2.25. The molecule has 0 N–H and O–H groups in total. The molecule has 1 fully saturated rings. The van der Waals surface area contributed by atoms with E-state index in [1.807, 2.05) is 11.0 Å². The van der Waals surface area contributed by atoms with Gasteiger partial charge in [-0.25, -0.2) is 0 Å². The molecular weight excluding hydrogens is 302 g/mol. The summed E-state index contributed by atoms with van der Waals surface area (Å²) in [5.41, 5.74) is 2.56. The highest BCUT2D eigenvalue weighted by molar-refractivity contribution is 5.76.